The second kappa shape index (κ2) is 3.72. The molecule has 0 N–H and O–H groups in total. The van der Waals surface area contributed by atoms with Crippen LogP contribution in [0.4, 0.5) is 0 Å². The van der Waals surface area contributed by atoms with E-state index in [9.17, 15) is 0 Å². The Balaban J connectivity index is 2.29. The maximum absolute atomic E-state index is 4.42. The minimum atomic E-state index is 1.07. The monoisotopic (exact) mass is 225 g/mol. The maximum Gasteiger partial charge on any atom is 0.0804 e. The second-order valence-corrected chi connectivity index (χ2v) is 4.82. The van der Waals surface area contributed by atoms with Crippen molar-refractivity contribution in [3.63, 3.8) is 0 Å². The Bertz CT molecular complexity index is 626. The molecule has 78 valence electrons. The molecule has 0 saturated heterocycles. The predicted octanol–water partition coefficient (Wildman–Crippen LogP) is 4.27. The zero-order valence-corrected chi connectivity index (χ0v) is 9.79. The molecule has 0 fully saturated rings. The van der Waals surface area contributed by atoms with Crippen LogP contribution in [0.5, 0.6) is 0 Å². The normalized spacial score (nSPS) is 10.8. The smallest absolute Gasteiger partial charge is 0.0804 e. The highest BCUT2D eigenvalue weighted by atomic mass is 32.1. The van der Waals surface area contributed by atoms with Crippen LogP contribution in [-0.4, -0.2) is 4.98 Å². The Morgan fingerprint density at radius 2 is 1.81 bits per heavy atom. The minimum Gasteiger partial charge on any atom is -0.255 e. The Hall–Kier alpha value is -1.67. The number of nitrogens with zero attached hydrogens (tertiary/aromatic N) is 1. The van der Waals surface area contributed by atoms with Crippen molar-refractivity contribution in [2.24, 2.45) is 0 Å². The number of rotatable bonds is 1. The molecule has 0 amide bonds. The van der Waals surface area contributed by atoms with E-state index in [1.165, 1.54) is 20.5 Å². The molecule has 1 aromatic carbocycles. The average Bonchev–Trinajstić information content (AvgIpc) is 2.69. The summed E-state index contributed by atoms with van der Waals surface area (Å²) in [5.74, 6) is 0. The van der Waals surface area contributed by atoms with Crippen LogP contribution in [0.15, 0.2) is 48.7 Å². The largest absolute Gasteiger partial charge is 0.255 e. The van der Waals surface area contributed by atoms with Gasteiger partial charge in [-0.2, -0.15) is 0 Å². The van der Waals surface area contributed by atoms with E-state index in [1.807, 2.05) is 29.7 Å². The Morgan fingerprint density at radius 3 is 2.56 bits per heavy atom. The SMILES string of the molecule is Cc1c(-c2ccccn2)sc2ccccc12. The number of fused-ring (bicyclic) bond motifs is 1. The van der Waals surface area contributed by atoms with Gasteiger partial charge in [0.2, 0.25) is 0 Å². The van der Waals surface area contributed by atoms with Crippen LogP contribution in [0.3, 0.4) is 0 Å². The molecule has 2 aromatic heterocycles. The highest BCUT2D eigenvalue weighted by Crippen LogP contribution is 2.36. The molecule has 16 heavy (non-hydrogen) atoms. The summed E-state index contributed by atoms with van der Waals surface area (Å²) in [6.45, 7) is 2.17. The molecule has 0 aliphatic carbocycles. The molecular formula is C14H11NS. The molecular weight excluding hydrogens is 214 g/mol. The van der Waals surface area contributed by atoms with Gasteiger partial charge in [0.05, 0.1) is 10.6 Å². The fraction of sp³-hybridized carbons (Fsp3) is 0.0714. The number of thiophene rings is 1. The first kappa shape index (κ1) is 9.55. The van der Waals surface area contributed by atoms with E-state index in [4.69, 9.17) is 0 Å². The quantitative estimate of drug-likeness (QED) is 0.602. The van der Waals surface area contributed by atoms with E-state index in [0.29, 0.717) is 0 Å². The van der Waals surface area contributed by atoms with E-state index < -0.39 is 0 Å². The Labute approximate surface area is 98.4 Å². The first-order valence-corrected chi connectivity index (χ1v) is 6.07. The van der Waals surface area contributed by atoms with Crippen molar-refractivity contribution >= 4 is 21.4 Å². The van der Waals surface area contributed by atoms with Gasteiger partial charge < -0.3 is 0 Å². The third-order valence-electron chi connectivity index (χ3n) is 2.74. The zero-order chi connectivity index (χ0) is 11.0. The molecule has 0 unspecified atom stereocenters. The highest BCUT2D eigenvalue weighted by molar-refractivity contribution is 7.22. The lowest BCUT2D eigenvalue weighted by Crippen LogP contribution is -1.79. The van der Waals surface area contributed by atoms with Gasteiger partial charge in [-0.15, -0.1) is 11.3 Å². The summed E-state index contributed by atoms with van der Waals surface area (Å²) in [5.41, 5.74) is 2.40. The van der Waals surface area contributed by atoms with Crippen molar-refractivity contribution in [2.75, 3.05) is 0 Å². The van der Waals surface area contributed by atoms with Crippen molar-refractivity contribution in [3.05, 3.63) is 54.2 Å². The van der Waals surface area contributed by atoms with Crippen LogP contribution >= 0.6 is 11.3 Å². The number of aromatic nitrogens is 1. The Morgan fingerprint density at radius 1 is 1.00 bits per heavy atom. The van der Waals surface area contributed by atoms with Gasteiger partial charge in [0, 0.05) is 10.9 Å². The molecule has 0 radical (unpaired) electrons. The molecule has 1 nitrogen and oxygen atoms in total. The number of hydrogen-bond donors (Lipinski definition) is 0. The van der Waals surface area contributed by atoms with Gasteiger partial charge >= 0.3 is 0 Å². The summed E-state index contributed by atoms with van der Waals surface area (Å²) >= 11 is 1.81. The van der Waals surface area contributed by atoms with Crippen LogP contribution < -0.4 is 0 Å². The van der Waals surface area contributed by atoms with Crippen LogP contribution in [0.2, 0.25) is 0 Å². The zero-order valence-electron chi connectivity index (χ0n) is 8.97. The third kappa shape index (κ3) is 1.42. The van der Waals surface area contributed by atoms with E-state index in [1.54, 1.807) is 0 Å². The summed E-state index contributed by atoms with van der Waals surface area (Å²) in [6, 6.07) is 14.6. The van der Waals surface area contributed by atoms with E-state index in [2.05, 4.69) is 42.2 Å². The molecule has 3 rings (SSSR count). The van der Waals surface area contributed by atoms with Crippen LogP contribution in [0.1, 0.15) is 5.56 Å². The summed E-state index contributed by atoms with van der Waals surface area (Å²) in [6.07, 6.45) is 1.85. The van der Waals surface area contributed by atoms with Gasteiger partial charge in [0.25, 0.3) is 0 Å². The van der Waals surface area contributed by atoms with Crippen LogP contribution in [-0.2, 0) is 0 Å². The predicted molar refractivity (Wildman–Crippen MR) is 69.8 cm³/mol. The molecule has 0 spiro atoms. The molecule has 0 aliphatic rings. The van der Waals surface area contributed by atoms with Crippen molar-refractivity contribution < 1.29 is 0 Å². The molecule has 0 atom stereocenters. The van der Waals surface area contributed by atoms with Gasteiger partial charge in [-0.3, -0.25) is 4.98 Å². The van der Waals surface area contributed by atoms with Gasteiger partial charge in [-0.05, 0) is 36.1 Å². The number of hydrogen-bond acceptors (Lipinski definition) is 2. The summed E-state index contributed by atoms with van der Waals surface area (Å²) < 4.78 is 1.33. The number of benzene rings is 1. The summed E-state index contributed by atoms with van der Waals surface area (Å²) in [7, 11) is 0. The molecule has 3 aromatic rings. The van der Waals surface area contributed by atoms with Gasteiger partial charge in [-0.1, -0.05) is 24.3 Å². The van der Waals surface area contributed by atoms with Crippen LogP contribution in [0, 0.1) is 6.92 Å². The highest BCUT2D eigenvalue weighted by Gasteiger charge is 2.09. The number of aryl methyl sites for hydroxylation is 1. The van der Waals surface area contributed by atoms with Gasteiger partial charge in [0.15, 0.2) is 0 Å². The molecule has 0 saturated carbocycles. The van der Waals surface area contributed by atoms with E-state index in [-0.39, 0.29) is 0 Å². The lowest BCUT2D eigenvalue weighted by Gasteiger charge is -1.97. The van der Waals surface area contributed by atoms with Crippen molar-refractivity contribution in [1.82, 2.24) is 4.98 Å². The third-order valence-corrected chi connectivity index (χ3v) is 4.04. The lowest BCUT2D eigenvalue weighted by molar-refractivity contribution is 1.33. The fourth-order valence-corrected chi connectivity index (χ4v) is 3.10. The van der Waals surface area contributed by atoms with Crippen LogP contribution in [0.25, 0.3) is 20.7 Å². The van der Waals surface area contributed by atoms with Gasteiger partial charge in [0.1, 0.15) is 0 Å². The lowest BCUT2D eigenvalue weighted by atomic mass is 10.1. The fourth-order valence-electron chi connectivity index (χ4n) is 1.92. The number of pyridine rings is 1. The Kier molecular flexibility index (Phi) is 2.22. The maximum atomic E-state index is 4.42. The van der Waals surface area contributed by atoms with Crippen molar-refractivity contribution in [1.29, 1.82) is 0 Å². The van der Waals surface area contributed by atoms with E-state index >= 15 is 0 Å². The topological polar surface area (TPSA) is 12.9 Å². The molecule has 0 bridgehead atoms. The van der Waals surface area contributed by atoms with Crippen molar-refractivity contribution in [3.8, 4) is 10.6 Å². The molecule has 2 heterocycles. The van der Waals surface area contributed by atoms with Gasteiger partial charge in [-0.25, -0.2) is 0 Å². The first-order chi connectivity index (χ1) is 7.86. The average molecular weight is 225 g/mol. The first-order valence-electron chi connectivity index (χ1n) is 5.26. The molecule has 2 heteroatoms. The molecule has 0 aliphatic heterocycles. The minimum absolute atomic E-state index is 1.07. The second-order valence-electron chi connectivity index (χ2n) is 3.77. The van der Waals surface area contributed by atoms with Crippen molar-refractivity contribution in [2.45, 2.75) is 6.92 Å². The summed E-state index contributed by atoms with van der Waals surface area (Å²) in [4.78, 5) is 5.69. The van der Waals surface area contributed by atoms with E-state index in [0.717, 1.165) is 5.69 Å². The summed E-state index contributed by atoms with van der Waals surface area (Å²) in [5, 5.41) is 1.34. The standard InChI is InChI=1S/C14H11NS/c1-10-11-6-2-3-8-13(11)16-14(10)12-7-4-5-9-15-12/h2-9H,1H3.